The van der Waals surface area contributed by atoms with Crippen molar-refractivity contribution in [3.63, 3.8) is 0 Å². The molecule has 0 bridgehead atoms. The van der Waals surface area contributed by atoms with Gasteiger partial charge in [0.05, 0.1) is 11.0 Å². The summed E-state index contributed by atoms with van der Waals surface area (Å²) in [6.07, 6.45) is 1.72. The molecule has 1 aromatic rings. The van der Waals surface area contributed by atoms with Gasteiger partial charge >= 0.3 is 0 Å². The molecule has 0 unspecified atom stereocenters. The van der Waals surface area contributed by atoms with E-state index in [4.69, 9.17) is 4.18 Å². The number of aliphatic hydroxyl groups excluding tert-OH is 1. The lowest BCUT2D eigenvalue weighted by Gasteiger charge is -2.26. The van der Waals surface area contributed by atoms with Crippen molar-refractivity contribution in [1.82, 2.24) is 0 Å². The monoisotopic (exact) mass is 270 g/mol. The Kier molecular flexibility index (Phi) is 4.04. The molecule has 4 nitrogen and oxygen atoms in total. The molecule has 5 heteroatoms. The Labute approximate surface area is 108 Å². The molecule has 18 heavy (non-hydrogen) atoms. The van der Waals surface area contributed by atoms with Gasteiger partial charge in [0.1, 0.15) is 6.10 Å². The quantitative estimate of drug-likeness (QED) is 0.853. The number of rotatable bonds is 3. The number of aliphatic hydroxyl groups is 1. The first-order chi connectivity index (χ1) is 8.49. The Bertz CT molecular complexity index is 492. The van der Waals surface area contributed by atoms with Gasteiger partial charge in [-0.05, 0) is 31.9 Å². The van der Waals surface area contributed by atoms with Crippen LogP contribution in [0, 0.1) is 6.92 Å². The normalized spacial score (nSPS) is 25.0. The predicted octanol–water partition coefficient (Wildman–Crippen LogP) is 2.00. The van der Waals surface area contributed by atoms with Crippen molar-refractivity contribution >= 4 is 10.1 Å². The summed E-state index contributed by atoms with van der Waals surface area (Å²) in [5.41, 5.74) is 0.992. The zero-order chi connectivity index (χ0) is 13.2. The molecule has 2 atom stereocenters. The zero-order valence-corrected chi connectivity index (χ0v) is 11.2. The highest BCUT2D eigenvalue weighted by Crippen LogP contribution is 2.25. The zero-order valence-electron chi connectivity index (χ0n) is 10.4. The molecule has 0 saturated heterocycles. The van der Waals surface area contributed by atoms with Crippen molar-refractivity contribution in [2.45, 2.75) is 49.7 Å². The maximum absolute atomic E-state index is 12.0. The van der Waals surface area contributed by atoms with Gasteiger partial charge in [0.15, 0.2) is 0 Å². The molecule has 1 saturated carbocycles. The van der Waals surface area contributed by atoms with Gasteiger partial charge < -0.3 is 5.11 Å². The lowest BCUT2D eigenvalue weighted by atomic mass is 9.95. The molecular weight excluding hydrogens is 252 g/mol. The summed E-state index contributed by atoms with van der Waals surface area (Å²) >= 11 is 0. The second-order valence-electron chi connectivity index (χ2n) is 4.75. The van der Waals surface area contributed by atoms with Crippen molar-refractivity contribution < 1.29 is 17.7 Å². The van der Waals surface area contributed by atoms with Crippen LogP contribution in [0.2, 0.25) is 0 Å². The highest BCUT2D eigenvalue weighted by Gasteiger charge is 2.29. The Hall–Kier alpha value is -0.910. The minimum Gasteiger partial charge on any atom is -0.390 e. The standard InChI is InChI=1S/C13H18O4S/c1-10-6-8-11(9-7-10)18(15,16)17-13-5-3-2-4-12(13)14/h6-9,12-14H,2-5H2,1H3/t12-,13-/m0/s1. The first kappa shape index (κ1) is 13.5. The van der Waals surface area contributed by atoms with E-state index in [0.717, 1.165) is 18.4 Å². The molecule has 1 aliphatic carbocycles. The third-order valence-corrected chi connectivity index (χ3v) is 4.58. The van der Waals surface area contributed by atoms with Crippen LogP contribution in [0.25, 0.3) is 0 Å². The molecule has 1 aliphatic rings. The van der Waals surface area contributed by atoms with E-state index in [1.54, 1.807) is 12.1 Å². The fourth-order valence-corrected chi connectivity index (χ4v) is 3.24. The smallest absolute Gasteiger partial charge is 0.297 e. The molecule has 2 rings (SSSR count). The highest BCUT2D eigenvalue weighted by atomic mass is 32.2. The SMILES string of the molecule is Cc1ccc(S(=O)(=O)O[C@H]2CCCC[C@@H]2O)cc1. The number of aryl methyl sites for hydroxylation is 1. The van der Waals surface area contributed by atoms with Crippen LogP contribution in [0.1, 0.15) is 31.2 Å². The molecule has 100 valence electrons. The Morgan fingerprint density at radius 2 is 1.78 bits per heavy atom. The van der Waals surface area contributed by atoms with Crippen LogP contribution in [-0.2, 0) is 14.3 Å². The largest absolute Gasteiger partial charge is 0.390 e. The van der Waals surface area contributed by atoms with Crippen molar-refractivity contribution in [3.05, 3.63) is 29.8 Å². The van der Waals surface area contributed by atoms with Gasteiger partial charge in [-0.1, -0.05) is 30.5 Å². The van der Waals surface area contributed by atoms with E-state index in [1.807, 2.05) is 6.92 Å². The summed E-state index contributed by atoms with van der Waals surface area (Å²) in [4.78, 5) is 0.144. The van der Waals surface area contributed by atoms with Crippen LogP contribution < -0.4 is 0 Å². The predicted molar refractivity (Wildman–Crippen MR) is 67.7 cm³/mol. The summed E-state index contributed by atoms with van der Waals surface area (Å²) < 4.78 is 29.2. The summed E-state index contributed by atoms with van der Waals surface area (Å²) in [7, 11) is -3.77. The lowest BCUT2D eigenvalue weighted by molar-refractivity contribution is 0.0105. The Morgan fingerprint density at radius 3 is 2.39 bits per heavy atom. The average molecular weight is 270 g/mol. The van der Waals surface area contributed by atoms with Gasteiger partial charge in [0, 0.05) is 0 Å². The van der Waals surface area contributed by atoms with E-state index < -0.39 is 22.3 Å². The maximum Gasteiger partial charge on any atom is 0.297 e. The minimum absolute atomic E-state index is 0.144. The van der Waals surface area contributed by atoms with Crippen molar-refractivity contribution in [3.8, 4) is 0 Å². The fourth-order valence-electron chi connectivity index (χ4n) is 2.11. The Balaban J connectivity index is 2.13. The van der Waals surface area contributed by atoms with Gasteiger partial charge in [-0.25, -0.2) is 0 Å². The van der Waals surface area contributed by atoms with E-state index in [9.17, 15) is 13.5 Å². The van der Waals surface area contributed by atoms with Crippen LogP contribution in [0.15, 0.2) is 29.2 Å². The van der Waals surface area contributed by atoms with E-state index in [-0.39, 0.29) is 4.90 Å². The van der Waals surface area contributed by atoms with Crippen molar-refractivity contribution in [2.75, 3.05) is 0 Å². The second-order valence-corrected chi connectivity index (χ2v) is 6.33. The van der Waals surface area contributed by atoms with Crippen LogP contribution >= 0.6 is 0 Å². The highest BCUT2D eigenvalue weighted by molar-refractivity contribution is 7.86. The lowest BCUT2D eigenvalue weighted by Crippen LogP contribution is -2.34. The maximum atomic E-state index is 12.0. The Morgan fingerprint density at radius 1 is 1.17 bits per heavy atom. The summed E-state index contributed by atoms with van der Waals surface area (Å²) in [5.74, 6) is 0. The van der Waals surface area contributed by atoms with Gasteiger partial charge in [-0.3, -0.25) is 4.18 Å². The van der Waals surface area contributed by atoms with Gasteiger partial charge in [-0.15, -0.1) is 0 Å². The topological polar surface area (TPSA) is 63.6 Å². The summed E-state index contributed by atoms with van der Waals surface area (Å²) in [6, 6.07) is 6.51. The molecule has 1 fully saturated rings. The first-order valence-corrected chi connectivity index (χ1v) is 7.58. The van der Waals surface area contributed by atoms with Crippen molar-refractivity contribution in [1.29, 1.82) is 0 Å². The minimum atomic E-state index is -3.77. The molecule has 0 radical (unpaired) electrons. The number of hydrogen-bond acceptors (Lipinski definition) is 4. The molecule has 0 spiro atoms. The molecular formula is C13H18O4S. The van der Waals surface area contributed by atoms with Gasteiger partial charge in [0.2, 0.25) is 0 Å². The number of benzene rings is 1. The third kappa shape index (κ3) is 3.10. The average Bonchev–Trinajstić information content (AvgIpc) is 2.32. The van der Waals surface area contributed by atoms with Gasteiger partial charge in [0.25, 0.3) is 10.1 Å². The van der Waals surface area contributed by atoms with Gasteiger partial charge in [-0.2, -0.15) is 8.42 Å². The van der Waals surface area contributed by atoms with E-state index in [1.165, 1.54) is 12.1 Å². The van der Waals surface area contributed by atoms with E-state index >= 15 is 0 Å². The van der Waals surface area contributed by atoms with E-state index in [0.29, 0.717) is 12.8 Å². The molecule has 0 amide bonds. The second kappa shape index (κ2) is 5.38. The summed E-state index contributed by atoms with van der Waals surface area (Å²) in [6.45, 7) is 1.89. The van der Waals surface area contributed by atoms with Crippen LogP contribution in [-0.4, -0.2) is 25.7 Å². The summed E-state index contributed by atoms with van der Waals surface area (Å²) in [5, 5.41) is 9.73. The molecule has 0 aromatic heterocycles. The van der Waals surface area contributed by atoms with Crippen LogP contribution in [0.5, 0.6) is 0 Å². The molecule has 0 heterocycles. The molecule has 1 N–H and O–H groups in total. The number of hydrogen-bond donors (Lipinski definition) is 1. The third-order valence-electron chi connectivity index (χ3n) is 3.23. The van der Waals surface area contributed by atoms with Crippen LogP contribution in [0.4, 0.5) is 0 Å². The molecule has 1 aromatic carbocycles. The fraction of sp³-hybridized carbons (Fsp3) is 0.538. The first-order valence-electron chi connectivity index (χ1n) is 6.17. The van der Waals surface area contributed by atoms with Crippen LogP contribution in [0.3, 0.4) is 0 Å². The molecule has 0 aliphatic heterocycles. The van der Waals surface area contributed by atoms with E-state index in [2.05, 4.69) is 0 Å². The van der Waals surface area contributed by atoms with Crippen molar-refractivity contribution in [2.24, 2.45) is 0 Å².